The molecule has 1 atom stereocenters. The van der Waals surface area contributed by atoms with Gasteiger partial charge in [0.15, 0.2) is 19.7 Å². The largest absolute Gasteiger partial charge is 0.453 e. The molecular weight excluding hydrogens is 741 g/mol. The monoisotopic (exact) mass is 798 g/mol. The van der Waals surface area contributed by atoms with Crippen LogP contribution in [0, 0.1) is 6.92 Å². The van der Waals surface area contributed by atoms with Gasteiger partial charge >= 0.3 is 0 Å². The molecule has 1 aliphatic rings. The Morgan fingerprint density at radius 3 is 2.09 bits per heavy atom. The average molecular weight is 799 g/mol. The first kappa shape index (κ1) is 40.6. The van der Waals surface area contributed by atoms with Gasteiger partial charge in [0.2, 0.25) is 0 Å². The van der Waals surface area contributed by atoms with Gasteiger partial charge in [-0.05, 0) is 58.7 Å². The molecule has 1 fully saturated rings. The summed E-state index contributed by atoms with van der Waals surface area (Å²) < 4.78 is 28.9. The van der Waals surface area contributed by atoms with E-state index in [1.54, 1.807) is 0 Å². The van der Waals surface area contributed by atoms with Gasteiger partial charge in [0, 0.05) is 37.0 Å². The highest BCUT2D eigenvalue weighted by atomic mass is 28.4. The molecular formula is C47H58N4O4Si2. The number of pyridine rings is 1. The highest BCUT2D eigenvalue weighted by Crippen LogP contribution is 2.40. The average Bonchev–Trinajstić information content (AvgIpc) is 3.85. The van der Waals surface area contributed by atoms with Crippen LogP contribution in [0.3, 0.4) is 0 Å². The maximum absolute atomic E-state index is 7.45. The lowest BCUT2D eigenvalue weighted by molar-refractivity contribution is 0.122. The Hall–Kier alpha value is -4.59. The molecule has 298 valence electrons. The summed E-state index contributed by atoms with van der Waals surface area (Å²) in [6.45, 7) is 23.7. The molecule has 4 heterocycles. The normalized spacial score (nSPS) is 15.1. The van der Waals surface area contributed by atoms with Crippen LogP contribution in [0.15, 0.2) is 120 Å². The van der Waals surface area contributed by atoms with Gasteiger partial charge in [0.25, 0.3) is 8.32 Å². The highest BCUT2D eigenvalue weighted by molar-refractivity contribution is 6.99. The van der Waals surface area contributed by atoms with Crippen molar-refractivity contribution in [2.24, 2.45) is 0 Å². The molecule has 0 amide bonds. The number of aryl methyl sites for hydroxylation is 1. The molecule has 1 unspecified atom stereocenters. The minimum absolute atomic E-state index is 0.00887. The fourth-order valence-electron chi connectivity index (χ4n) is 7.51. The van der Waals surface area contributed by atoms with Gasteiger partial charge in [-0.2, -0.15) is 5.10 Å². The molecule has 6 aromatic rings. The van der Waals surface area contributed by atoms with Crippen LogP contribution < -0.4 is 15.3 Å². The Bertz CT molecular complexity index is 2260. The number of hydrogen-bond donors (Lipinski definition) is 0. The molecule has 0 spiro atoms. The van der Waals surface area contributed by atoms with Crippen LogP contribution in [0.1, 0.15) is 52.9 Å². The number of morpholine rings is 1. The van der Waals surface area contributed by atoms with Gasteiger partial charge in [-0.1, -0.05) is 132 Å². The standard InChI is InChI=1S/C47H58N4O4Si2/c1-35-17-16-18-36(31-35)41-25-26-51(49-41)44-33-43(50-27-29-52-30-28-50)45-42(48-44)32-37(54-45)23-24-38(55-56(8,9)46(2,3)4)34-53-57(47(5,6)7,39-19-12-10-13-20-39)40-21-14-11-15-22-40/h10-26,31-33,38H,27-30,34H2,1-9H3/b24-23+. The van der Waals surface area contributed by atoms with Crippen molar-refractivity contribution in [2.45, 2.75) is 77.7 Å². The second kappa shape index (κ2) is 16.3. The van der Waals surface area contributed by atoms with Crippen molar-refractivity contribution in [2.75, 3.05) is 37.8 Å². The zero-order valence-electron chi connectivity index (χ0n) is 35.1. The third-order valence-electron chi connectivity index (χ3n) is 11.6. The molecule has 1 saturated heterocycles. The molecule has 3 aromatic heterocycles. The maximum atomic E-state index is 7.45. The maximum Gasteiger partial charge on any atom is 0.261 e. The molecule has 3 aromatic carbocycles. The van der Waals surface area contributed by atoms with Crippen molar-refractivity contribution < 1.29 is 18.0 Å². The van der Waals surface area contributed by atoms with Gasteiger partial charge in [-0.25, -0.2) is 9.67 Å². The van der Waals surface area contributed by atoms with E-state index in [1.807, 2.05) is 29.1 Å². The Kier molecular flexibility index (Phi) is 11.6. The number of rotatable bonds is 12. The number of nitrogens with zero attached hydrogens (tertiary/aromatic N) is 4. The van der Waals surface area contributed by atoms with Crippen LogP contribution in [0.4, 0.5) is 5.69 Å². The molecule has 57 heavy (non-hydrogen) atoms. The third kappa shape index (κ3) is 8.66. The summed E-state index contributed by atoms with van der Waals surface area (Å²) in [7, 11) is -5.04. The summed E-state index contributed by atoms with van der Waals surface area (Å²) in [5, 5.41) is 7.29. The number of hydrogen-bond acceptors (Lipinski definition) is 7. The third-order valence-corrected chi connectivity index (χ3v) is 21.1. The van der Waals surface area contributed by atoms with Crippen molar-refractivity contribution in [3.05, 3.63) is 127 Å². The van der Waals surface area contributed by atoms with E-state index in [0.29, 0.717) is 25.6 Å². The van der Waals surface area contributed by atoms with Crippen LogP contribution in [0.5, 0.6) is 0 Å². The topological polar surface area (TPSA) is 74.8 Å². The number of aromatic nitrogens is 3. The minimum atomic E-state index is -2.81. The van der Waals surface area contributed by atoms with Crippen LogP contribution in [-0.4, -0.2) is 70.4 Å². The van der Waals surface area contributed by atoms with Gasteiger partial charge in [0.05, 0.1) is 37.3 Å². The Labute approximate surface area is 340 Å². The quantitative estimate of drug-likeness (QED) is 0.114. The van der Waals surface area contributed by atoms with Crippen molar-refractivity contribution >= 4 is 49.9 Å². The lowest BCUT2D eigenvalue weighted by Gasteiger charge is -2.44. The lowest BCUT2D eigenvalue weighted by Crippen LogP contribution is -2.67. The summed E-state index contributed by atoms with van der Waals surface area (Å²) in [5.41, 5.74) is 5.67. The van der Waals surface area contributed by atoms with Crippen LogP contribution in [0.25, 0.3) is 34.3 Å². The van der Waals surface area contributed by atoms with Gasteiger partial charge in [-0.15, -0.1) is 0 Å². The first-order valence-electron chi connectivity index (χ1n) is 20.2. The number of anilines is 1. The molecule has 10 heteroatoms. The molecule has 1 aliphatic heterocycles. The summed E-state index contributed by atoms with van der Waals surface area (Å²) in [4.78, 5) is 7.42. The summed E-state index contributed by atoms with van der Waals surface area (Å²) in [6.07, 6.45) is 5.84. The number of furan rings is 1. The molecule has 0 saturated carbocycles. The number of benzene rings is 3. The molecule has 8 nitrogen and oxygen atoms in total. The first-order valence-corrected chi connectivity index (χ1v) is 25.0. The van der Waals surface area contributed by atoms with Crippen LogP contribution in [-0.2, 0) is 13.6 Å². The van der Waals surface area contributed by atoms with Gasteiger partial charge in [-0.3, -0.25) is 0 Å². The Morgan fingerprint density at radius 1 is 0.807 bits per heavy atom. The van der Waals surface area contributed by atoms with Crippen molar-refractivity contribution in [3.63, 3.8) is 0 Å². The van der Waals surface area contributed by atoms with Crippen LogP contribution in [0.2, 0.25) is 23.2 Å². The predicted octanol–water partition coefficient (Wildman–Crippen LogP) is 9.81. The van der Waals surface area contributed by atoms with Gasteiger partial charge < -0.3 is 22.9 Å². The van der Waals surface area contributed by atoms with E-state index in [-0.39, 0.29) is 16.2 Å². The molecule has 0 bridgehead atoms. The molecule has 0 radical (unpaired) electrons. The zero-order chi connectivity index (χ0) is 40.4. The van der Waals surface area contributed by atoms with E-state index in [1.165, 1.54) is 15.9 Å². The summed E-state index contributed by atoms with van der Waals surface area (Å²) >= 11 is 0. The smallest absolute Gasteiger partial charge is 0.261 e. The predicted molar refractivity (Wildman–Crippen MR) is 239 cm³/mol. The van der Waals surface area contributed by atoms with Crippen molar-refractivity contribution in [1.29, 1.82) is 0 Å². The SMILES string of the molecule is Cc1cccc(-c2ccn(-c3cc(N4CCOCC4)c4oc(/C=C/C(CO[Si](c5ccccc5)(c5ccccc5)C(C)(C)C)O[Si](C)(C)C(C)(C)C)cc4n3)n2)c1. The number of ether oxygens (including phenoxy) is 1. The Balaban J connectivity index is 1.26. The second-order valence-corrected chi connectivity index (χ2v) is 26.8. The van der Waals surface area contributed by atoms with E-state index in [9.17, 15) is 0 Å². The summed E-state index contributed by atoms with van der Waals surface area (Å²) in [5.74, 6) is 1.44. The molecule has 0 aliphatic carbocycles. The van der Waals surface area contributed by atoms with E-state index in [4.69, 9.17) is 28.1 Å². The second-order valence-electron chi connectivity index (χ2n) is 17.7. The molecule has 0 N–H and O–H groups in total. The Morgan fingerprint density at radius 2 is 1.47 bits per heavy atom. The summed E-state index contributed by atoms with van der Waals surface area (Å²) in [6, 6.07) is 36.1. The minimum Gasteiger partial charge on any atom is -0.453 e. The fourth-order valence-corrected chi connectivity index (χ4v) is 13.3. The fraction of sp³-hybridized carbons (Fsp3) is 0.362. The van der Waals surface area contributed by atoms with E-state index < -0.39 is 16.6 Å². The van der Waals surface area contributed by atoms with E-state index >= 15 is 0 Å². The van der Waals surface area contributed by atoms with E-state index in [0.717, 1.165) is 47.0 Å². The first-order chi connectivity index (χ1) is 27.1. The highest BCUT2D eigenvalue weighted by Gasteiger charge is 2.50. The van der Waals surface area contributed by atoms with Gasteiger partial charge in [0.1, 0.15) is 11.3 Å². The van der Waals surface area contributed by atoms with Crippen LogP contribution >= 0.6 is 0 Å². The number of fused-ring (bicyclic) bond motifs is 1. The molecule has 7 rings (SSSR count). The van der Waals surface area contributed by atoms with E-state index in [2.05, 4.69) is 164 Å². The zero-order valence-corrected chi connectivity index (χ0v) is 37.1. The van der Waals surface area contributed by atoms with Crippen molar-refractivity contribution in [3.8, 4) is 17.1 Å². The lowest BCUT2D eigenvalue weighted by atomic mass is 10.1. The van der Waals surface area contributed by atoms with Crippen molar-refractivity contribution in [1.82, 2.24) is 14.8 Å².